The molecule has 31 heavy (non-hydrogen) atoms. The number of carbonyl (C=O) groups is 1. The number of halogens is 1. The summed E-state index contributed by atoms with van der Waals surface area (Å²) in [7, 11) is 3.52. The van der Waals surface area contributed by atoms with Crippen molar-refractivity contribution in [3.63, 3.8) is 0 Å². The van der Waals surface area contributed by atoms with Crippen molar-refractivity contribution in [1.82, 2.24) is 9.88 Å². The molecule has 2 aliphatic heterocycles. The van der Waals surface area contributed by atoms with E-state index < -0.39 is 17.8 Å². The lowest BCUT2D eigenvalue weighted by molar-refractivity contribution is -0.126. The predicted molar refractivity (Wildman–Crippen MR) is 113 cm³/mol. The van der Waals surface area contributed by atoms with Crippen molar-refractivity contribution >= 4 is 12.7 Å². The minimum Gasteiger partial charge on any atom is -0.486 e. The first-order valence-corrected chi connectivity index (χ1v) is 9.64. The molecule has 8 nitrogen and oxygen atoms in total. The molecule has 0 saturated carbocycles. The molecular weight excluding hydrogens is 401 g/mol. The molecule has 3 atom stereocenters. The van der Waals surface area contributed by atoms with Crippen LogP contribution < -0.4 is 10.5 Å². The van der Waals surface area contributed by atoms with Crippen LogP contribution in [-0.2, 0) is 9.53 Å². The van der Waals surface area contributed by atoms with Crippen LogP contribution in [0.2, 0.25) is 0 Å². The van der Waals surface area contributed by atoms with Gasteiger partial charge in [-0.15, -0.1) is 0 Å². The standard InChI is InChI=1S/C21H22FN5O2.CH2O/c1-27(2)20(24)26-19-16-8-14(15-7-13(9-23)10-25-11-15)3-4-17(16)29-18-5-6-28-12-21(18,19)22;1-2/h3-4,7-8,10-11,18-19H,5-6,12H2,1-2H3,(H2,24,26);1H2. The van der Waals surface area contributed by atoms with Gasteiger partial charge in [0.2, 0.25) is 0 Å². The Labute approximate surface area is 180 Å². The van der Waals surface area contributed by atoms with Crippen LogP contribution >= 0.6 is 0 Å². The molecular formula is C22H24FN5O3. The molecule has 1 aromatic heterocycles. The van der Waals surface area contributed by atoms with Crippen molar-refractivity contribution in [3.05, 3.63) is 47.8 Å². The third kappa shape index (κ3) is 4.20. The topological polar surface area (TPSA) is 114 Å². The summed E-state index contributed by atoms with van der Waals surface area (Å²) >= 11 is 0. The van der Waals surface area contributed by atoms with E-state index in [4.69, 9.17) is 25.3 Å². The van der Waals surface area contributed by atoms with Gasteiger partial charge in [-0.05, 0) is 23.8 Å². The monoisotopic (exact) mass is 425 g/mol. The highest BCUT2D eigenvalue weighted by atomic mass is 19.1. The summed E-state index contributed by atoms with van der Waals surface area (Å²) in [5, 5.41) is 9.15. The van der Waals surface area contributed by atoms with E-state index in [9.17, 15) is 0 Å². The van der Waals surface area contributed by atoms with E-state index in [1.807, 2.05) is 25.0 Å². The minimum atomic E-state index is -1.82. The zero-order valence-corrected chi connectivity index (χ0v) is 17.4. The lowest BCUT2D eigenvalue weighted by Crippen LogP contribution is -2.56. The van der Waals surface area contributed by atoms with Crippen LogP contribution in [0.25, 0.3) is 11.1 Å². The van der Waals surface area contributed by atoms with E-state index in [0.29, 0.717) is 29.9 Å². The second kappa shape index (κ2) is 9.10. The van der Waals surface area contributed by atoms with E-state index in [0.717, 1.165) is 11.1 Å². The average molecular weight is 425 g/mol. The van der Waals surface area contributed by atoms with E-state index in [1.54, 1.807) is 31.3 Å². The van der Waals surface area contributed by atoms with Gasteiger partial charge in [-0.1, -0.05) is 6.07 Å². The predicted octanol–water partition coefficient (Wildman–Crippen LogP) is 2.24. The van der Waals surface area contributed by atoms with Crippen molar-refractivity contribution in [3.8, 4) is 22.9 Å². The summed E-state index contributed by atoms with van der Waals surface area (Å²) in [4.78, 5) is 18.3. The summed E-state index contributed by atoms with van der Waals surface area (Å²) in [6, 6.07) is 8.47. The molecule has 1 fully saturated rings. The summed E-state index contributed by atoms with van der Waals surface area (Å²) in [5.41, 5.74) is 6.82. The normalized spacial score (nSPS) is 24.4. The number of aromatic nitrogens is 1. The summed E-state index contributed by atoms with van der Waals surface area (Å²) in [5.74, 6) is 0.807. The zero-order valence-electron chi connectivity index (χ0n) is 17.4. The van der Waals surface area contributed by atoms with E-state index in [2.05, 4.69) is 16.0 Å². The highest BCUT2D eigenvalue weighted by Gasteiger charge is 2.55. The van der Waals surface area contributed by atoms with Gasteiger partial charge < -0.3 is 24.9 Å². The minimum absolute atomic E-state index is 0.109. The molecule has 2 aromatic rings. The third-order valence-corrected chi connectivity index (χ3v) is 5.33. The van der Waals surface area contributed by atoms with E-state index in [-0.39, 0.29) is 12.6 Å². The Morgan fingerprint density at radius 3 is 2.84 bits per heavy atom. The van der Waals surface area contributed by atoms with Crippen LogP contribution in [0, 0.1) is 11.3 Å². The number of pyridine rings is 1. The Morgan fingerprint density at radius 1 is 1.35 bits per heavy atom. The van der Waals surface area contributed by atoms with Gasteiger partial charge in [-0.3, -0.25) is 4.98 Å². The molecule has 0 spiro atoms. The fourth-order valence-corrected chi connectivity index (χ4v) is 3.71. The van der Waals surface area contributed by atoms with Crippen LogP contribution in [-0.4, -0.2) is 61.7 Å². The molecule has 1 aromatic carbocycles. The maximum Gasteiger partial charge on any atom is 0.197 e. The first kappa shape index (κ1) is 22.2. The molecule has 9 heteroatoms. The van der Waals surface area contributed by atoms with Crippen molar-refractivity contribution in [1.29, 1.82) is 5.26 Å². The molecule has 2 aliphatic rings. The number of aliphatic imine (C=N–C) groups is 1. The Bertz CT molecular complexity index is 1020. The smallest absolute Gasteiger partial charge is 0.197 e. The third-order valence-electron chi connectivity index (χ3n) is 5.33. The SMILES string of the molecule is C=O.CN(C)C(N)=NC1c2cc(-c3cncc(C#N)c3)ccc2OC2CCOCC21F. The molecule has 3 heterocycles. The van der Waals surface area contributed by atoms with Gasteiger partial charge in [-0.2, -0.15) is 5.26 Å². The zero-order chi connectivity index (χ0) is 22.6. The van der Waals surface area contributed by atoms with Crippen LogP contribution in [0.5, 0.6) is 5.75 Å². The Hall–Kier alpha value is -3.51. The molecule has 0 aliphatic carbocycles. The van der Waals surface area contributed by atoms with Gasteiger partial charge in [0.05, 0.1) is 18.8 Å². The maximum atomic E-state index is 16.2. The average Bonchev–Trinajstić information content (AvgIpc) is 2.80. The van der Waals surface area contributed by atoms with Crippen molar-refractivity contribution in [2.24, 2.45) is 10.7 Å². The highest BCUT2D eigenvalue weighted by molar-refractivity contribution is 5.78. The molecule has 3 unspecified atom stereocenters. The number of nitriles is 1. The van der Waals surface area contributed by atoms with Gasteiger partial charge in [0.25, 0.3) is 0 Å². The largest absolute Gasteiger partial charge is 0.486 e. The fourth-order valence-electron chi connectivity index (χ4n) is 3.71. The lowest BCUT2D eigenvalue weighted by Gasteiger charge is -2.45. The second-order valence-corrected chi connectivity index (χ2v) is 7.49. The van der Waals surface area contributed by atoms with E-state index >= 15 is 4.39 Å². The van der Waals surface area contributed by atoms with Crippen molar-refractivity contribution in [2.45, 2.75) is 24.2 Å². The number of carbonyl (C=O) groups excluding carboxylic acids is 1. The first-order chi connectivity index (χ1) is 14.9. The Kier molecular flexibility index (Phi) is 6.51. The number of benzene rings is 1. The molecule has 2 N–H and O–H groups in total. The number of rotatable bonds is 2. The van der Waals surface area contributed by atoms with Crippen molar-refractivity contribution < 1.29 is 18.7 Å². The van der Waals surface area contributed by atoms with Crippen LogP contribution in [0.3, 0.4) is 0 Å². The fraction of sp³-hybridized carbons (Fsp3) is 0.364. The molecule has 4 rings (SSSR count). The van der Waals surface area contributed by atoms with Gasteiger partial charge >= 0.3 is 0 Å². The van der Waals surface area contributed by atoms with E-state index in [1.165, 1.54) is 6.20 Å². The molecule has 0 bridgehead atoms. The van der Waals surface area contributed by atoms with Crippen molar-refractivity contribution in [2.75, 3.05) is 27.3 Å². The van der Waals surface area contributed by atoms with Gasteiger partial charge in [0.15, 0.2) is 11.6 Å². The Morgan fingerprint density at radius 2 is 2.13 bits per heavy atom. The van der Waals surface area contributed by atoms with Gasteiger partial charge in [0, 0.05) is 44.0 Å². The number of hydrogen-bond acceptors (Lipinski definition) is 6. The van der Waals surface area contributed by atoms with Gasteiger partial charge in [-0.25, -0.2) is 9.38 Å². The Balaban J connectivity index is 0.00000132. The summed E-state index contributed by atoms with van der Waals surface area (Å²) < 4.78 is 27.6. The summed E-state index contributed by atoms with van der Waals surface area (Å²) in [6.45, 7) is 2.33. The maximum absolute atomic E-state index is 16.2. The number of nitrogens with zero attached hydrogens (tertiary/aromatic N) is 4. The number of nitrogens with two attached hydrogens (primary N) is 1. The summed E-state index contributed by atoms with van der Waals surface area (Å²) in [6.07, 6.45) is 2.95. The van der Waals surface area contributed by atoms with Gasteiger partial charge in [0.1, 0.15) is 30.8 Å². The quantitative estimate of drug-likeness (QED) is 0.580. The first-order valence-electron chi connectivity index (χ1n) is 9.64. The molecule has 0 radical (unpaired) electrons. The van der Waals surface area contributed by atoms with Crippen LogP contribution in [0.1, 0.15) is 23.6 Å². The highest BCUT2D eigenvalue weighted by Crippen LogP contribution is 2.49. The number of hydrogen-bond donors (Lipinski definition) is 1. The molecule has 162 valence electrons. The van der Waals surface area contributed by atoms with Crippen LogP contribution in [0.15, 0.2) is 41.7 Å². The number of fused-ring (bicyclic) bond motifs is 2. The number of alkyl halides is 1. The van der Waals surface area contributed by atoms with Crippen LogP contribution in [0.4, 0.5) is 4.39 Å². The molecule has 1 saturated heterocycles. The second-order valence-electron chi connectivity index (χ2n) is 7.49. The lowest BCUT2D eigenvalue weighted by atomic mass is 9.80. The number of guanidine groups is 1. The number of ether oxygens (including phenoxy) is 2. The molecule has 0 amide bonds.